The molecule has 0 spiro atoms. The Morgan fingerprint density at radius 1 is 0.757 bits per heavy atom. The van der Waals surface area contributed by atoms with Crippen LogP contribution in [-0.2, 0) is 19.3 Å². The Hall–Kier alpha value is -3.04. The van der Waals surface area contributed by atoms with Crippen LogP contribution in [0.3, 0.4) is 0 Å². The fourth-order valence-electron chi connectivity index (χ4n) is 5.80. The molecule has 0 bridgehead atoms. The summed E-state index contributed by atoms with van der Waals surface area (Å²) in [5.41, 5.74) is 7.62. The highest BCUT2D eigenvalue weighted by molar-refractivity contribution is 5.81. The predicted molar refractivity (Wildman–Crippen MR) is 153 cm³/mol. The van der Waals surface area contributed by atoms with Crippen LogP contribution in [0.15, 0.2) is 66.2 Å². The Kier molecular flexibility index (Phi) is 9.46. The Balaban J connectivity index is 1.94. The molecule has 0 fully saturated rings. The summed E-state index contributed by atoms with van der Waals surface area (Å²) in [6.07, 6.45) is 9.13. The van der Waals surface area contributed by atoms with Gasteiger partial charge in [0.2, 0.25) is 0 Å². The normalized spacial score (nSPS) is 15.8. The van der Waals surface area contributed by atoms with Crippen LogP contribution in [0, 0.1) is 5.92 Å². The molecule has 0 aromatic heterocycles. The van der Waals surface area contributed by atoms with Crippen LogP contribution in [0.1, 0.15) is 92.2 Å². The fraction of sp³-hybridized carbons (Fsp3) is 0.412. The number of benzene rings is 3. The van der Waals surface area contributed by atoms with Gasteiger partial charge in [-0.15, -0.1) is 0 Å². The minimum atomic E-state index is -0.0399. The smallest absolute Gasteiger partial charge is 0.130 e. The van der Waals surface area contributed by atoms with Gasteiger partial charge in [0.15, 0.2) is 0 Å². The number of phenolic OH excluding ortho intramolecular Hbond substituents is 2. The zero-order valence-corrected chi connectivity index (χ0v) is 22.5. The quantitative estimate of drug-likeness (QED) is 0.235. The topological polar surface area (TPSA) is 60.7 Å². The monoisotopic (exact) mass is 498 g/mol. The van der Waals surface area contributed by atoms with Crippen LogP contribution >= 0.6 is 0 Å². The summed E-state index contributed by atoms with van der Waals surface area (Å²) in [5, 5.41) is 34.0. The molecular weight excluding hydrogens is 456 g/mol. The first-order valence-corrected chi connectivity index (χ1v) is 14.0. The van der Waals surface area contributed by atoms with Gasteiger partial charge in [-0.3, -0.25) is 0 Å². The molecule has 0 saturated carbocycles. The molecular formula is C34H42O3. The molecule has 0 aliphatic heterocycles. The van der Waals surface area contributed by atoms with E-state index >= 15 is 0 Å². The standard InChI is InChI=1S/C34H42O3/c1-3-4-5-12-17-28-30(21-25-13-8-6-9-14-25)33(36)32(29-20-24(2)18-19-27(29)23-35)34(37)31(28)22-26-15-10-7-11-16-26/h6-11,13-16,24,35-37H,3-5,12,17-23H2,1-2H3. The predicted octanol–water partition coefficient (Wildman–Crippen LogP) is 7.97. The number of allylic oxidation sites excluding steroid dienone is 1. The van der Waals surface area contributed by atoms with Crippen molar-refractivity contribution in [2.45, 2.75) is 78.1 Å². The third-order valence-electron chi connectivity index (χ3n) is 7.91. The largest absolute Gasteiger partial charge is 0.507 e. The van der Waals surface area contributed by atoms with E-state index in [2.05, 4.69) is 38.1 Å². The SMILES string of the molecule is CCCCCCc1c(Cc2ccccc2)c(O)c(C2=C(CO)CCC(C)C2)c(O)c1Cc1ccccc1. The summed E-state index contributed by atoms with van der Waals surface area (Å²) in [5.74, 6) is 0.824. The van der Waals surface area contributed by atoms with Gasteiger partial charge in [-0.05, 0) is 65.9 Å². The molecule has 1 aliphatic carbocycles. The zero-order chi connectivity index (χ0) is 26.2. The van der Waals surface area contributed by atoms with E-state index in [0.717, 1.165) is 77.5 Å². The van der Waals surface area contributed by atoms with Crippen molar-refractivity contribution in [2.75, 3.05) is 6.61 Å². The van der Waals surface area contributed by atoms with E-state index in [4.69, 9.17) is 0 Å². The molecule has 3 N–H and O–H groups in total. The van der Waals surface area contributed by atoms with Gasteiger partial charge in [-0.2, -0.15) is 0 Å². The van der Waals surface area contributed by atoms with E-state index in [0.29, 0.717) is 24.3 Å². The van der Waals surface area contributed by atoms with Gasteiger partial charge in [-0.1, -0.05) is 93.8 Å². The van der Waals surface area contributed by atoms with Gasteiger partial charge in [0, 0.05) is 24.0 Å². The molecule has 37 heavy (non-hydrogen) atoms. The highest BCUT2D eigenvalue weighted by atomic mass is 16.3. The Bertz CT molecular complexity index is 1130. The Morgan fingerprint density at radius 2 is 1.32 bits per heavy atom. The molecule has 1 atom stereocenters. The van der Waals surface area contributed by atoms with Crippen LogP contribution in [-0.4, -0.2) is 21.9 Å². The minimum Gasteiger partial charge on any atom is -0.507 e. The third kappa shape index (κ3) is 6.45. The molecule has 1 aliphatic rings. The summed E-state index contributed by atoms with van der Waals surface area (Å²) in [6.45, 7) is 4.38. The Morgan fingerprint density at radius 3 is 1.84 bits per heavy atom. The van der Waals surface area contributed by atoms with E-state index in [1.807, 2.05) is 36.4 Å². The summed E-state index contributed by atoms with van der Waals surface area (Å²) >= 11 is 0. The van der Waals surface area contributed by atoms with Gasteiger partial charge in [-0.25, -0.2) is 0 Å². The highest BCUT2D eigenvalue weighted by Crippen LogP contribution is 2.48. The average Bonchev–Trinajstić information content (AvgIpc) is 2.92. The van der Waals surface area contributed by atoms with Gasteiger partial charge in [0.05, 0.1) is 12.2 Å². The molecule has 1 unspecified atom stereocenters. The second-order valence-electron chi connectivity index (χ2n) is 10.7. The van der Waals surface area contributed by atoms with Gasteiger partial charge < -0.3 is 15.3 Å². The average molecular weight is 499 g/mol. The number of aromatic hydroxyl groups is 2. The third-order valence-corrected chi connectivity index (χ3v) is 7.91. The number of hydrogen-bond acceptors (Lipinski definition) is 3. The second-order valence-corrected chi connectivity index (χ2v) is 10.7. The lowest BCUT2D eigenvalue weighted by Gasteiger charge is -2.28. The lowest BCUT2D eigenvalue weighted by Crippen LogP contribution is -2.12. The van der Waals surface area contributed by atoms with Crippen molar-refractivity contribution >= 4 is 5.57 Å². The van der Waals surface area contributed by atoms with E-state index in [1.54, 1.807) is 0 Å². The molecule has 0 amide bonds. The molecule has 3 aromatic rings. The molecule has 4 rings (SSSR count). The van der Waals surface area contributed by atoms with Crippen molar-refractivity contribution in [3.63, 3.8) is 0 Å². The summed E-state index contributed by atoms with van der Waals surface area (Å²) in [6, 6.07) is 20.6. The molecule has 0 radical (unpaired) electrons. The number of hydrogen-bond donors (Lipinski definition) is 3. The number of unbranched alkanes of at least 4 members (excludes halogenated alkanes) is 3. The zero-order valence-electron chi connectivity index (χ0n) is 22.5. The molecule has 3 heteroatoms. The molecule has 3 nitrogen and oxygen atoms in total. The lowest BCUT2D eigenvalue weighted by molar-refractivity contribution is 0.319. The summed E-state index contributed by atoms with van der Waals surface area (Å²) < 4.78 is 0. The van der Waals surface area contributed by atoms with E-state index < -0.39 is 0 Å². The summed E-state index contributed by atoms with van der Waals surface area (Å²) in [4.78, 5) is 0. The van der Waals surface area contributed by atoms with Gasteiger partial charge >= 0.3 is 0 Å². The minimum absolute atomic E-state index is 0.0399. The van der Waals surface area contributed by atoms with Crippen LogP contribution in [0.5, 0.6) is 11.5 Å². The number of rotatable bonds is 11. The fourth-order valence-corrected chi connectivity index (χ4v) is 5.80. The maximum Gasteiger partial charge on any atom is 0.130 e. The second kappa shape index (κ2) is 13.0. The van der Waals surface area contributed by atoms with Crippen LogP contribution in [0.4, 0.5) is 0 Å². The van der Waals surface area contributed by atoms with Gasteiger partial charge in [0.1, 0.15) is 11.5 Å². The molecule has 3 aromatic carbocycles. The maximum absolute atomic E-state index is 11.9. The van der Waals surface area contributed by atoms with Crippen molar-refractivity contribution in [3.05, 3.63) is 99.6 Å². The van der Waals surface area contributed by atoms with E-state index in [1.165, 1.54) is 12.8 Å². The van der Waals surface area contributed by atoms with Crippen molar-refractivity contribution in [1.29, 1.82) is 0 Å². The van der Waals surface area contributed by atoms with E-state index in [-0.39, 0.29) is 18.1 Å². The first-order valence-electron chi connectivity index (χ1n) is 14.0. The number of phenols is 2. The lowest BCUT2D eigenvalue weighted by atomic mass is 9.78. The van der Waals surface area contributed by atoms with Crippen molar-refractivity contribution < 1.29 is 15.3 Å². The number of aliphatic hydroxyl groups is 1. The van der Waals surface area contributed by atoms with Crippen LogP contribution < -0.4 is 0 Å². The first kappa shape index (κ1) is 27.0. The molecule has 0 heterocycles. The maximum atomic E-state index is 11.9. The Labute approximate surface area is 222 Å². The highest BCUT2D eigenvalue weighted by Gasteiger charge is 2.29. The molecule has 0 saturated heterocycles. The van der Waals surface area contributed by atoms with Crippen LogP contribution in [0.25, 0.3) is 5.57 Å². The summed E-state index contributed by atoms with van der Waals surface area (Å²) in [7, 11) is 0. The van der Waals surface area contributed by atoms with Crippen molar-refractivity contribution in [2.24, 2.45) is 5.92 Å². The van der Waals surface area contributed by atoms with Gasteiger partial charge in [0.25, 0.3) is 0 Å². The van der Waals surface area contributed by atoms with Crippen LogP contribution in [0.2, 0.25) is 0 Å². The van der Waals surface area contributed by atoms with E-state index in [9.17, 15) is 15.3 Å². The van der Waals surface area contributed by atoms with Crippen molar-refractivity contribution in [1.82, 2.24) is 0 Å². The van der Waals surface area contributed by atoms with Crippen molar-refractivity contribution in [3.8, 4) is 11.5 Å². The molecule has 196 valence electrons. The number of aliphatic hydroxyl groups excluding tert-OH is 1. The first-order chi connectivity index (χ1) is 18.0.